The summed E-state index contributed by atoms with van der Waals surface area (Å²) in [5.41, 5.74) is 6.90. The maximum atomic E-state index is 12.3. The van der Waals surface area contributed by atoms with Crippen LogP contribution in [0.25, 0.3) is 0 Å². The fourth-order valence-electron chi connectivity index (χ4n) is 3.22. The minimum atomic E-state index is 0.405. The molecule has 18 heavy (non-hydrogen) atoms. The molecular weight excluding hydrogens is 240 g/mol. The van der Waals surface area contributed by atoms with Crippen LogP contribution in [-0.4, -0.2) is 5.78 Å². The van der Waals surface area contributed by atoms with Crippen molar-refractivity contribution in [2.45, 2.75) is 57.0 Å². The van der Waals surface area contributed by atoms with Crippen molar-refractivity contribution in [1.29, 1.82) is 0 Å². The minimum absolute atomic E-state index is 0.405. The van der Waals surface area contributed by atoms with Gasteiger partial charge in [0.1, 0.15) is 0 Å². The SMILES string of the molecule is CCCCc1c2c(cc3c1C(=O)CCC3)CSC2. The van der Waals surface area contributed by atoms with Gasteiger partial charge in [-0.1, -0.05) is 19.4 Å². The van der Waals surface area contributed by atoms with Crippen LogP contribution in [0.15, 0.2) is 6.07 Å². The Bertz CT molecular complexity index is 490. The van der Waals surface area contributed by atoms with Gasteiger partial charge in [0.2, 0.25) is 0 Å². The molecule has 0 fully saturated rings. The Morgan fingerprint density at radius 2 is 2.11 bits per heavy atom. The van der Waals surface area contributed by atoms with Crippen molar-refractivity contribution in [3.05, 3.63) is 33.9 Å². The van der Waals surface area contributed by atoms with Crippen molar-refractivity contribution in [2.75, 3.05) is 0 Å². The first kappa shape index (κ1) is 12.3. The normalized spacial score (nSPS) is 17.7. The van der Waals surface area contributed by atoms with Gasteiger partial charge in [-0.2, -0.15) is 11.8 Å². The standard InChI is InChI=1S/C16H20OS/c1-2-3-6-13-14-10-18-9-12(14)8-11-5-4-7-15(17)16(11)13/h8H,2-7,9-10H2,1H3. The average molecular weight is 260 g/mol. The summed E-state index contributed by atoms with van der Waals surface area (Å²) in [7, 11) is 0. The van der Waals surface area contributed by atoms with E-state index < -0.39 is 0 Å². The fraction of sp³-hybridized carbons (Fsp3) is 0.562. The second kappa shape index (κ2) is 5.08. The Morgan fingerprint density at radius 3 is 2.94 bits per heavy atom. The molecule has 1 aliphatic carbocycles. The van der Waals surface area contributed by atoms with E-state index in [1.165, 1.54) is 35.1 Å². The second-order valence-corrected chi connectivity index (χ2v) is 6.39. The summed E-state index contributed by atoms with van der Waals surface area (Å²) in [5, 5.41) is 0. The predicted octanol–water partition coefficient (Wildman–Crippen LogP) is 4.30. The molecule has 1 aromatic rings. The fourth-order valence-corrected chi connectivity index (χ4v) is 4.36. The monoisotopic (exact) mass is 260 g/mol. The van der Waals surface area contributed by atoms with E-state index in [-0.39, 0.29) is 0 Å². The highest BCUT2D eigenvalue weighted by Gasteiger charge is 2.26. The minimum Gasteiger partial charge on any atom is -0.294 e. The van der Waals surface area contributed by atoms with Crippen molar-refractivity contribution < 1.29 is 4.79 Å². The molecule has 1 nitrogen and oxygen atoms in total. The first-order valence-corrected chi connectivity index (χ1v) is 8.24. The molecule has 96 valence electrons. The summed E-state index contributed by atoms with van der Waals surface area (Å²) < 4.78 is 0. The van der Waals surface area contributed by atoms with Gasteiger partial charge in [0.05, 0.1) is 0 Å². The Hall–Kier alpha value is -0.760. The smallest absolute Gasteiger partial charge is 0.163 e. The number of ketones is 1. The number of fused-ring (bicyclic) bond motifs is 2. The van der Waals surface area contributed by atoms with Gasteiger partial charge in [0, 0.05) is 23.5 Å². The molecule has 3 rings (SSSR count). The van der Waals surface area contributed by atoms with Crippen LogP contribution in [-0.2, 0) is 24.3 Å². The molecule has 2 heteroatoms. The third kappa shape index (κ3) is 2.01. The quantitative estimate of drug-likeness (QED) is 0.806. The number of rotatable bonds is 3. The Kier molecular flexibility index (Phi) is 3.47. The molecule has 1 aliphatic heterocycles. The van der Waals surface area contributed by atoms with Crippen LogP contribution in [0, 0.1) is 0 Å². The zero-order valence-corrected chi connectivity index (χ0v) is 11.9. The van der Waals surface area contributed by atoms with E-state index in [1.807, 2.05) is 11.8 Å². The maximum absolute atomic E-state index is 12.3. The predicted molar refractivity (Wildman–Crippen MR) is 77.3 cm³/mol. The van der Waals surface area contributed by atoms with Gasteiger partial charge in [-0.25, -0.2) is 0 Å². The number of carbonyl (C=O) groups is 1. The Morgan fingerprint density at radius 1 is 1.22 bits per heavy atom. The molecule has 0 radical (unpaired) electrons. The van der Waals surface area contributed by atoms with E-state index in [2.05, 4.69) is 13.0 Å². The number of thioether (sulfide) groups is 1. The van der Waals surface area contributed by atoms with E-state index >= 15 is 0 Å². The number of unbranched alkanes of at least 4 members (excludes halogenated alkanes) is 1. The summed E-state index contributed by atoms with van der Waals surface area (Å²) in [6.07, 6.45) is 6.44. The van der Waals surface area contributed by atoms with Gasteiger partial charge in [-0.3, -0.25) is 4.79 Å². The second-order valence-electron chi connectivity index (χ2n) is 5.40. The highest BCUT2D eigenvalue weighted by Crippen LogP contribution is 2.38. The van der Waals surface area contributed by atoms with Crippen LogP contribution in [0.5, 0.6) is 0 Å². The number of carbonyl (C=O) groups excluding carboxylic acids is 1. The molecule has 0 spiro atoms. The first-order valence-electron chi connectivity index (χ1n) is 7.08. The molecule has 1 heterocycles. The van der Waals surface area contributed by atoms with Crippen LogP contribution in [0.2, 0.25) is 0 Å². The molecule has 0 amide bonds. The van der Waals surface area contributed by atoms with Crippen molar-refractivity contribution >= 4 is 17.5 Å². The van der Waals surface area contributed by atoms with Gasteiger partial charge >= 0.3 is 0 Å². The van der Waals surface area contributed by atoms with Crippen molar-refractivity contribution in [3.8, 4) is 0 Å². The van der Waals surface area contributed by atoms with Crippen LogP contribution in [0.3, 0.4) is 0 Å². The largest absolute Gasteiger partial charge is 0.294 e. The molecular formula is C16H20OS. The number of Topliss-reactive ketones (excluding diaryl/α,β-unsaturated/α-hetero) is 1. The summed E-state index contributed by atoms with van der Waals surface area (Å²) >= 11 is 2.00. The number of benzene rings is 1. The van der Waals surface area contributed by atoms with Crippen molar-refractivity contribution in [1.82, 2.24) is 0 Å². The van der Waals surface area contributed by atoms with Crippen LogP contribution in [0.1, 0.15) is 65.2 Å². The highest BCUT2D eigenvalue weighted by atomic mass is 32.2. The van der Waals surface area contributed by atoms with E-state index in [4.69, 9.17) is 0 Å². The summed E-state index contributed by atoms with van der Waals surface area (Å²) in [6.45, 7) is 2.23. The molecule has 0 N–H and O–H groups in total. The lowest BCUT2D eigenvalue weighted by Crippen LogP contribution is -2.16. The van der Waals surface area contributed by atoms with E-state index in [9.17, 15) is 4.79 Å². The van der Waals surface area contributed by atoms with Crippen LogP contribution in [0.4, 0.5) is 0 Å². The van der Waals surface area contributed by atoms with Gasteiger partial charge in [-0.05, 0) is 47.9 Å². The topological polar surface area (TPSA) is 17.1 Å². The molecule has 1 aromatic carbocycles. The Labute approximate surface area is 113 Å². The van der Waals surface area contributed by atoms with E-state index in [0.29, 0.717) is 5.78 Å². The van der Waals surface area contributed by atoms with Crippen molar-refractivity contribution in [3.63, 3.8) is 0 Å². The molecule has 0 bridgehead atoms. The molecule has 0 unspecified atom stereocenters. The van der Waals surface area contributed by atoms with E-state index in [1.54, 1.807) is 0 Å². The van der Waals surface area contributed by atoms with Crippen LogP contribution >= 0.6 is 11.8 Å². The molecule has 0 saturated carbocycles. The van der Waals surface area contributed by atoms with Gasteiger partial charge in [0.15, 0.2) is 5.78 Å². The van der Waals surface area contributed by atoms with E-state index in [0.717, 1.165) is 42.8 Å². The summed E-state index contributed by atoms with van der Waals surface area (Å²) in [5.74, 6) is 2.67. The molecule has 0 saturated heterocycles. The first-order chi connectivity index (χ1) is 8.81. The van der Waals surface area contributed by atoms with Gasteiger partial charge in [-0.15, -0.1) is 0 Å². The Balaban J connectivity index is 2.12. The highest BCUT2D eigenvalue weighted by molar-refractivity contribution is 7.98. The maximum Gasteiger partial charge on any atom is 0.163 e. The molecule has 2 aliphatic rings. The zero-order chi connectivity index (χ0) is 12.5. The average Bonchev–Trinajstić information content (AvgIpc) is 2.83. The number of hydrogen-bond donors (Lipinski definition) is 0. The van der Waals surface area contributed by atoms with Gasteiger partial charge < -0.3 is 0 Å². The summed E-state index contributed by atoms with van der Waals surface area (Å²) in [6, 6.07) is 2.33. The molecule has 0 atom stereocenters. The lowest BCUT2D eigenvalue weighted by atomic mass is 9.82. The number of hydrogen-bond acceptors (Lipinski definition) is 2. The summed E-state index contributed by atoms with van der Waals surface area (Å²) in [4.78, 5) is 12.3. The van der Waals surface area contributed by atoms with Crippen LogP contribution < -0.4 is 0 Å². The van der Waals surface area contributed by atoms with Crippen molar-refractivity contribution in [2.24, 2.45) is 0 Å². The van der Waals surface area contributed by atoms with Gasteiger partial charge in [0.25, 0.3) is 0 Å². The third-order valence-corrected chi connectivity index (χ3v) is 5.14. The zero-order valence-electron chi connectivity index (χ0n) is 11.1. The lowest BCUT2D eigenvalue weighted by molar-refractivity contribution is 0.0971. The lowest BCUT2D eigenvalue weighted by Gasteiger charge is -2.21. The number of aryl methyl sites for hydroxylation is 1. The molecule has 0 aromatic heterocycles. The third-order valence-electron chi connectivity index (χ3n) is 4.14.